The maximum atomic E-state index is 12.6. The Bertz CT molecular complexity index is 904. The number of hydrogen-bond acceptors (Lipinski definition) is 4. The van der Waals surface area contributed by atoms with Gasteiger partial charge in [-0.3, -0.25) is 9.59 Å². The molecule has 7 heteroatoms. The number of halogens is 1. The highest BCUT2D eigenvalue weighted by Gasteiger charge is 2.58. The van der Waals surface area contributed by atoms with E-state index < -0.39 is 0 Å². The second-order valence-corrected chi connectivity index (χ2v) is 8.56. The second-order valence-electron chi connectivity index (χ2n) is 8.13. The zero-order chi connectivity index (χ0) is 21.3. The number of carbonyl (C=O) groups is 2. The summed E-state index contributed by atoms with van der Waals surface area (Å²) < 4.78 is 5.08. The first-order valence-corrected chi connectivity index (χ1v) is 10.7. The Morgan fingerprint density at radius 3 is 2.40 bits per heavy atom. The SMILES string of the molecule is CCC(NC(=O)c1ccc(Cl)cc1)[C@H]1[C@@H]2C[C@@H](NC(=O)c3ccc(OC)cn3)C[C@@H]21. The molecule has 1 aromatic carbocycles. The molecule has 5 atom stereocenters. The number of carbonyl (C=O) groups excluding carboxylic acids is 2. The zero-order valence-corrected chi connectivity index (χ0v) is 17.9. The Morgan fingerprint density at radius 2 is 1.83 bits per heavy atom. The lowest BCUT2D eigenvalue weighted by Gasteiger charge is -2.22. The fraction of sp³-hybridized carbons (Fsp3) is 0.435. The van der Waals surface area contributed by atoms with Crippen molar-refractivity contribution in [2.75, 3.05) is 7.11 Å². The van der Waals surface area contributed by atoms with Crippen LogP contribution in [0.25, 0.3) is 0 Å². The number of nitrogens with one attached hydrogen (secondary N) is 2. The largest absolute Gasteiger partial charge is 0.495 e. The summed E-state index contributed by atoms with van der Waals surface area (Å²) in [7, 11) is 1.57. The molecule has 0 radical (unpaired) electrons. The first-order chi connectivity index (χ1) is 14.5. The smallest absolute Gasteiger partial charge is 0.270 e. The van der Waals surface area contributed by atoms with Crippen LogP contribution >= 0.6 is 11.6 Å². The van der Waals surface area contributed by atoms with Crippen molar-refractivity contribution in [1.29, 1.82) is 0 Å². The van der Waals surface area contributed by atoms with Gasteiger partial charge in [0.25, 0.3) is 11.8 Å². The highest BCUT2D eigenvalue weighted by molar-refractivity contribution is 6.30. The van der Waals surface area contributed by atoms with Crippen molar-refractivity contribution < 1.29 is 14.3 Å². The third-order valence-electron chi connectivity index (χ3n) is 6.38. The zero-order valence-electron chi connectivity index (χ0n) is 17.1. The van der Waals surface area contributed by atoms with E-state index in [2.05, 4.69) is 22.5 Å². The van der Waals surface area contributed by atoms with Gasteiger partial charge in [-0.15, -0.1) is 0 Å². The fourth-order valence-electron chi connectivity index (χ4n) is 4.82. The minimum Gasteiger partial charge on any atom is -0.495 e. The maximum Gasteiger partial charge on any atom is 0.270 e. The van der Waals surface area contributed by atoms with Crippen molar-refractivity contribution >= 4 is 23.4 Å². The van der Waals surface area contributed by atoms with Gasteiger partial charge in [0, 0.05) is 22.7 Å². The quantitative estimate of drug-likeness (QED) is 0.705. The van der Waals surface area contributed by atoms with Crippen LogP contribution in [0.4, 0.5) is 0 Å². The summed E-state index contributed by atoms with van der Waals surface area (Å²) >= 11 is 5.91. The van der Waals surface area contributed by atoms with Crippen molar-refractivity contribution in [3.05, 3.63) is 58.9 Å². The normalized spacial score (nSPS) is 25.2. The molecule has 0 spiro atoms. The van der Waals surface area contributed by atoms with E-state index in [4.69, 9.17) is 16.3 Å². The monoisotopic (exact) mass is 427 g/mol. The number of aromatic nitrogens is 1. The van der Waals surface area contributed by atoms with Crippen LogP contribution in [0.5, 0.6) is 5.75 Å². The second kappa shape index (κ2) is 8.64. The van der Waals surface area contributed by atoms with Crippen LogP contribution in [0.2, 0.25) is 5.02 Å². The lowest BCUT2D eigenvalue weighted by Crippen LogP contribution is -2.39. The van der Waals surface area contributed by atoms with E-state index in [1.807, 2.05) is 0 Å². The Labute approximate surface area is 181 Å². The molecule has 2 aliphatic carbocycles. The van der Waals surface area contributed by atoms with Crippen LogP contribution in [-0.4, -0.2) is 36.0 Å². The molecule has 30 heavy (non-hydrogen) atoms. The van der Waals surface area contributed by atoms with Gasteiger partial charge in [0.05, 0.1) is 13.3 Å². The van der Waals surface area contributed by atoms with Gasteiger partial charge >= 0.3 is 0 Å². The minimum absolute atomic E-state index is 0.0566. The van der Waals surface area contributed by atoms with Gasteiger partial charge in [0.2, 0.25) is 0 Å². The van der Waals surface area contributed by atoms with Gasteiger partial charge in [-0.05, 0) is 73.4 Å². The number of fused-ring (bicyclic) bond motifs is 1. The molecule has 1 aromatic heterocycles. The summed E-state index contributed by atoms with van der Waals surface area (Å²) in [6, 6.07) is 10.7. The van der Waals surface area contributed by atoms with Gasteiger partial charge in [-0.25, -0.2) is 4.98 Å². The van der Waals surface area contributed by atoms with E-state index in [0.29, 0.717) is 39.8 Å². The summed E-state index contributed by atoms with van der Waals surface area (Å²) in [6.45, 7) is 2.11. The summed E-state index contributed by atoms with van der Waals surface area (Å²) in [5.74, 6) is 2.01. The number of methoxy groups -OCH3 is 1. The highest BCUT2D eigenvalue weighted by atomic mass is 35.5. The fourth-order valence-corrected chi connectivity index (χ4v) is 4.95. The number of hydrogen-bond donors (Lipinski definition) is 2. The lowest BCUT2D eigenvalue weighted by molar-refractivity contribution is 0.0926. The number of pyridine rings is 1. The van der Waals surface area contributed by atoms with Crippen molar-refractivity contribution in [2.24, 2.45) is 17.8 Å². The maximum absolute atomic E-state index is 12.6. The first-order valence-electron chi connectivity index (χ1n) is 10.4. The van der Waals surface area contributed by atoms with Crippen LogP contribution in [-0.2, 0) is 0 Å². The predicted octanol–water partition coefficient (Wildman–Crippen LogP) is 3.71. The number of ether oxygens (including phenoxy) is 1. The molecule has 2 saturated carbocycles. The molecular weight excluding hydrogens is 402 g/mol. The van der Waals surface area contributed by atoms with Gasteiger partial charge in [0.1, 0.15) is 11.4 Å². The van der Waals surface area contributed by atoms with Gasteiger partial charge in [0.15, 0.2) is 0 Å². The Balaban J connectivity index is 1.28. The number of amides is 2. The Morgan fingerprint density at radius 1 is 1.13 bits per heavy atom. The van der Waals surface area contributed by atoms with Crippen LogP contribution in [0.3, 0.4) is 0 Å². The molecule has 158 valence electrons. The van der Waals surface area contributed by atoms with E-state index in [0.717, 1.165) is 19.3 Å². The van der Waals surface area contributed by atoms with E-state index in [-0.39, 0.29) is 23.9 Å². The molecule has 2 amide bonds. The molecule has 1 unspecified atom stereocenters. The molecule has 2 N–H and O–H groups in total. The highest BCUT2D eigenvalue weighted by Crippen LogP contribution is 2.59. The average molecular weight is 428 g/mol. The average Bonchev–Trinajstić information content (AvgIpc) is 3.25. The van der Waals surface area contributed by atoms with Crippen molar-refractivity contribution in [3.63, 3.8) is 0 Å². The number of rotatable bonds is 7. The topological polar surface area (TPSA) is 80.3 Å². The Kier molecular flexibility index (Phi) is 5.95. The molecule has 1 heterocycles. The molecule has 0 aliphatic heterocycles. The molecule has 2 aliphatic rings. The van der Waals surface area contributed by atoms with E-state index >= 15 is 0 Å². The summed E-state index contributed by atoms with van der Waals surface area (Å²) in [6.07, 6.45) is 4.34. The Hall–Kier alpha value is -2.60. The van der Waals surface area contributed by atoms with Crippen LogP contribution in [0, 0.1) is 17.8 Å². The lowest BCUT2D eigenvalue weighted by atomic mass is 9.99. The number of benzene rings is 1. The number of nitrogens with zero attached hydrogens (tertiary/aromatic N) is 1. The van der Waals surface area contributed by atoms with Crippen molar-refractivity contribution in [1.82, 2.24) is 15.6 Å². The van der Waals surface area contributed by atoms with Crippen LogP contribution in [0.1, 0.15) is 47.0 Å². The molecule has 4 rings (SSSR count). The third kappa shape index (κ3) is 4.29. The summed E-state index contributed by atoms with van der Waals surface area (Å²) in [5.41, 5.74) is 1.02. The van der Waals surface area contributed by atoms with E-state index in [1.165, 1.54) is 0 Å². The van der Waals surface area contributed by atoms with Gasteiger partial charge in [-0.1, -0.05) is 18.5 Å². The van der Waals surface area contributed by atoms with E-state index in [9.17, 15) is 9.59 Å². The molecule has 2 aromatic rings. The minimum atomic E-state index is -0.149. The predicted molar refractivity (Wildman–Crippen MR) is 115 cm³/mol. The van der Waals surface area contributed by atoms with Gasteiger partial charge in [-0.2, -0.15) is 0 Å². The van der Waals surface area contributed by atoms with Crippen LogP contribution in [0.15, 0.2) is 42.6 Å². The van der Waals surface area contributed by atoms with E-state index in [1.54, 1.807) is 49.7 Å². The molecule has 0 bridgehead atoms. The standard InChI is InChI=1S/C23H26ClN3O3/c1-3-19(27-22(28)13-4-6-14(24)7-5-13)21-17-10-15(11-18(17)21)26-23(29)20-9-8-16(30-2)12-25-20/h4-9,12,15,17-19,21H,3,10-11H2,1-2H3,(H,26,29)(H,27,28)/t15-,17-,18+,19?,21+. The first kappa shape index (κ1) is 20.7. The molecule has 0 saturated heterocycles. The van der Waals surface area contributed by atoms with Gasteiger partial charge < -0.3 is 15.4 Å². The molecule has 2 fully saturated rings. The summed E-state index contributed by atoms with van der Waals surface area (Å²) in [4.78, 5) is 29.2. The molecular formula is C23H26ClN3O3. The van der Waals surface area contributed by atoms with Crippen molar-refractivity contribution in [2.45, 2.75) is 38.3 Å². The van der Waals surface area contributed by atoms with Crippen LogP contribution < -0.4 is 15.4 Å². The summed E-state index contributed by atoms with van der Waals surface area (Å²) in [5, 5.41) is 6.91. The third-order valence-corrected chi connectivity index (χ3v) is 6.63. The molecule has 6 nitrogen and oxygen atoms in total. The van der Waals surface area contributed by atoms with Crippen molar-refractivity contribution in [3.8, 4) is 5.75 Å².